The summed E-state index contributed by atoms with van der Waals surface area (Å²) in [7, 11) is 0. The second kappa shape index (κ2) is 4.96. The van der Waals surface area contributed by atoms with Gasteiger partial charge in [0.2, 0.25) is 5.95 Å². The third kappa shape index (κ3) is 2.31. The van der Waals surface area contributed by atoms with Crippen LogP contribution in [0.3, 0.4) is 0 Å². The lowest BCUT2D eigenvalue weighted by atomic mass is 10.1. The van der Waals surface area contributed by atoms with E-state index in [1.54, 1.807) is 12.4 Å². The number of halogens is 2. The maximum absolute atomic E-state index is 14.2. The highest BCUT2D eigenvalue weighted by atomic mass is 35.5. The van der Waals surface area contributed by atoms with Gasteiger partial charge >= 0.3 is 0 Å². The van der Waals surface area contributed by atoms with Crippen LogP contribution in [0, 0.1) is 5.82 Å². The first-order chi connectivity index (χ1) is 9.97. The fourth-order valence-corrected chi connectivity index (χ4v) is 2.42. The van der Waals surface area contributed by atoms with E-state index in [2.05, 4.69) is 15.0 Å². The number of nitrogens with two attached hydrogens (primary N) is 1. The summed E-state index contributed by atoms with van der Waals surface area (Å²) in [6.07, 6.45) is 3.03. The standard InChI is InChI=1S/C14H13ClFN5/c1-7(2)21-6-19-13-10(16)3-8(4-11(13)21)12-9(15)5-18-14(17)20-12/h3-7H,1-2H3,(H2,17,18,20). The summed E-state index contributed by atoms with van der Waals surface area (Å²) in [5, 5.41) is 0.318. The summed E-state index contributed by atoms with van der Waals surface area (Å²) < 4.78 is 16.1. The third-order valence-corrected chi connectivity index (χ3v) is 3.50. The zero-order valence-corrected chi connectivity index (χ0v) is 12.3. The molecule has 0 bridgehead atoms. The lowest BCUT2D eigenvalue weighted by Gasteiger charge is -2.10. The lowest BCUT2D eigenvalue weighted by Crippen LogP contribution is -2.00. The van der Waals surface area contributed by atoms with Crippen molar-refractivity contribution in [2.24, 2.45) is 0 Å². The molecular weight excluding hydrogens is 293 g/mol. The topological polar surface area (TPSA) is 69.6 Å². The number of nitrogen functional groups attached to an aromatic ring is 1. The zero-order chi connectivity index (χ0) is 15.1. The third-order valence-electron chi connectivity index (χ3n) is 3.23. The molecule has 0 saturated heterocycles. The van der Waals surface area contributed by atoms with Crippen molar-refractivity contribution in [2.45, 2.75) is 19.9 Å². The largest absolute Gasteiger partial charge is 0.368 e. The number of benzene rings is 1. The summed E-state index contributed by atoms with van der Waals surface area (Å²) in [4.78, 5) is 12.0. The molecule has 7 heteroatoms. The molecule has 2 aromatic heterocycles. The average molecular weight is 306 g/mol. The Kier molecular flexibility index (Phi) is 3.25. The average Bonchev–Trinajstić information content (AvgIpc) is 2.86. The van der Waals surface area contributed by atoms with Crippen LogP contribution >= 0.6 is 11.6 Å². The van der Waals surface area contributed by atoms with Crippen molar-refractivity contribution in [3.8, 4) is 11.3 Å². The molecule has 0 aliphatic carbocycles. The minimum Gasteiger partial charge on any atom is -0.368 e. The SMILES string of the molecule is CC(C)n1cnc2c(F)cc(-c3nc(N)ncc3Cl)cc21. The van der Waals surface area contributed by atoms with Gasteiger partial charge in [0.05, 0.1) is 28.8 Å². The molecule has 2 heterocycles. The highest BCUT2D eigenvalue weighted by molar-refractivity contribution is 6.33. The van der Waals surface area contributed by atoms with Gasteiger partial charge in [-0.25, -0.2) is 19.3 Å². The zero-order valence-electron chi connectivity index (χ0n) is 11.5. The van der Waals surface area contributed by atoms with E-state index in [1.165, 1.54) is 12.3 Å². The van der Waals surface area contributed by atoms with Crippen LogP contribution in [0.1, 0.15) is 19.9 Å². The molecule has 0 fully saturated rings. The van der Waals surface area contributed by atoms with Crippen LogP contribution in [0.4, 0.5) is 10.3 Å². The van der Waals surface area contributed by atoms with E-state index in [9.17, 15) is 4.39 Å². The second-order valence-corrected chi connectivity index (χ2v) is 5.40. The van der Waals surface area contributed by atoms with Crippen LogP contribution in [0.5, 0.6) is 0 Å². The van der Waals surface area contributed by atoms with Gasteiger partial charge in [-0.05, 0) is 26.0 Å². The number of rotatable bonds is 2. The summed E-state index contributed by atoms with van der Waals surface area (Å²) in [5.41, 5.74) is 7.54. The molecule has 1 aromatic carbocycles. The van der Waals surface area contributed by atoms with Crippen molar-refractivity contribution in [3.05, 3.63) is 35.5 Å². The molecule has 21 heavy (non-hydrogen) atoms. The summed E-state index contributed by atoms with van der Waals surface area (Å²) in [5.74, 6) is -0.331. The Morgan fingerprint density at radius 1 is 1.29 bits per heavy atom. The lowest BCUT2D eigenvalue weighted by molar-refractivity contribution is 0.617. The maximum atomic E-state index is 14.2. The normalized spacial score (nSPS) is 11.5. The Labute approximate surface area is 125 Å². The monoisotopic (exact) mass is 305 g/mol. The molecule has 0 unspecified atom stereocenters. The van der Waals surface area contributed by atoms with Gasteiger partial charge in [0.15, 0.2) is 5.82 Å². The highest BCUT2D eigenvalue weighted by Gasteiger charge is 2.15. The highest BCUT2D eigenvalue weighted by Crippen LogP contribution is 2.30. The first kappa shape index (κ1) is 13.8. The smallest absolute Gasteiger partial charge is 0.220 e. The molecule has 0 spiro atoms. The first-order valence-electron chi connectivity index (χ1n) is 6.42. The van der Waals surface area contributed by atoms with Gasteiger partial charge in [-0.2, -0.15) is 0 Å². The molecule has 0 aliphatic rings. The van der Waals surface area contributed by atoms with Crippen LogP contribution in [0.15, 0.2) is 24.7 Å². The van der Waals surface area contributed by atoms with Gasteiger partial charge < -0.3 is 10.3 Å². The quantitative estimate of drug-likeness (QED) is 0.787. The Hall–Kier alpha value is -2.21. The molecule has 3 aromatic rings. The number of aromatic nitrogens is 4. The second-order valence-electron chi connectivity index (χ2n) is 5.00. The number of anilines is 1. The molecule has 0 aliphatic heterocycles. The van der Waals surface area contributed by atoms with E-state index in [1.807, 2.05) is 18.4 Å². The van der Waals surface area contributed by atoms with Crippen molar-refractivity contribution in [1.29, 1.82) is 0 Å². The number of hydrogen-bond acceptors (Lipinski definition) is 4. The molecule has 0 amide bonds. The van der Waals surface area contributed by atoms with Crippen LogP contribution in [0.2, 0.25) is 5.02 Å². The van der Waals surface area contributed by atoms with Crippen LogP contribution in [-0.4, -0.2) is 19.5 Å². The minimum atomic E-state index is -0.421. The molecular formula is C14H13ClFN5. The van der Waals surface area contributed by atoms with Crippen molar-refractivity contribution in [2.75, 3.05) is 5.73 Å². The Morgan fingerprint density at radius 3 is 2.76 bits per heavy atom. The minimum absolute atomic E-state index is 0.0901. The molecule has 108 valence electrons. The van der Waals surface area contributed by atoms with Gasteiger partial charge in [-0.1, -0.05) is 11.6 Å². The van der Waals surface area contributed by atoms with E-state index in [-0.39, 0.29) is 12.0 Å². The van der Waals surface area contributed by atoms with Crippen molar-refractivity contribution in [3.63, 3.8) is 0 Å². The number of hydrogen-bond donors (Lipinski definition) is 1. The van der Waals surface area contributed by atoms with Crippen LogP contribution in [-0.2, 0) is 0 Å². The summed E-state index contributed by atoms with van der Waals surface area (Å²) >= 11 is 6.09. The van der Waals surface area contributed by atoms with Crippen molar-refractivity contribution in [1.82, 2.24) is 19.5 Å². The molecule has 3 rings (SSSR count). The Morgan fingerprint density at radius 2 is 2.05 bits per heavy atom. The van der Waals surface area contributed by atoms with Crippen LogP contribution in [0.25, 0.3) is 22.3 Å². The molecule has 5 nitrogen and oxygen atoms in total. The molecule has 0 saturated carbocycles. The Balaban J connectivity index is 2.28. The molecule has 2 N–H and O–H groups in total. The van der Waals surface area contributed by atoms with E-state index < -0.39 is 5.82 Å². The van der Waals surface area contributed by atoms with E-state index in [0.29, 0.717) is 27.3 Å². The number of nitrogens with zero attached hydrogens (tertiary/aromatic N) is 4. The summed E-state index contributed by atoms with van der Waals surface area (Å²) in [6.45, 7) is 4.00. The maximum Gasteiger partial charge on any atom is 0.220 e. The van der Waals surface area contributed by atoms with Gasteiger partial charge in [0.25, 0.3) is 0 Å². The van der Waals surface area contributed by atoms with E-state index >= 15 is 0 Å². The first-order valence-corrected chi connectivity index (χ1v) is 6.79. The van der Waals surface area contributed by atoms with Gasteiger partial charge in [0, 0.05) is 11.6 Å². The van der Waals surface area contributed by atoms with Gasteiger partial charge in [0.1, 0.15) is 5.52 Å². The molecule has 0 radical (unpaired) electrons. The van der Waals surface area contributed by atoms with Gasteiger partial charge in [-0.15, -0.1) is 0 Å². The Bertz CT molecular complexity index is 828. The van der Waals surface area contributed by atoms with Crippen molar-refractivity contribution < 1.29 is 4.39 Å². The van der Waals surface area contributed by atoms with E-state index in [0.717, 1.165) is 0 Å². The number of imidazole rings is 1. The predicted octanol–water partition coefficient (Wildman–Crippen LogP) is 3.45. The fraction of sp³-hybridized carbons (Fsp3) is 0.214. The van der Waals surface area contributed by atoms with Crippen molar-refractivity contribution >= 4 is 28.6 Å². The predicted molar refractivity (Wildman–Crippen MR) is 80.5 cm³/mol. The number of fused-ring (bicyclic) bond motifs is 1. The van der Waals surface area contributed by atoms with Crippen LogP contribution < -0.4 is 5.73 Å². The van der Waals surface area contributed by atoms with E-state index in [4.69, 9.17) is 17.3 Å². The summed E-state index contributed by atoms with van der Waals surface area (Å²) in [6, 6.07) is 3.32. The molecule has 0 atom stereocenters. The fourth-order valence-electron chi connectivity index (χ4n) is 2.22. The van der Waals surface area contributed by atoms with Gasteiger partial charge in [-0.3, -0.25) is 0 Å².